The van der Waals surface area contributed by atoms with Crippen molar-refractivity contribution < 1.29 is 19.4 Å². The highest BCUT2D eigenvalue weighted by Crippen LogP contribution is 2.46. The first-order chi connectivity index (χ1) is 26.8. The van der Waals surface area contributed by atoms with Gasteiger partial charge in [0.1, 0.15) is 17.1 Å². The van der Waals surface area contributed by atoms with Gasteiger partial charge in [-0.1, -0.05) is 47.5 Å². The molecule has 7 aromatic rings. The molecule has 10 nitrogen and oxygen atoms in total. The van der Waals surface area contributed by atoms with Crippen molar-refractivity contribution in [3.8, 4) is 16.9 Å². The fourth-order valence-corrected chi connectivity index (χ4v) is 8.81. The summed E-state index contributed by atoms with van der Waals surface area (Å²) in [4.78, 5) is 34.2. The molecule has 8 rings (SSSR count). The SMILES string of the molecule is Cc1cc(OCCCc2c3n(c4c(-c5c(C)nn(C)c5C)c(Cl)ccc24)C(C)CN(c2cccc4cc(C(=O)O)n(Cc5ccccn5)c24)C3=O)cc(C)c1Cl. The topological polar surface area (TPSA) is 107 Å². The van der Waals surface area contributed by atoms with E-state index in [1.165, 1.54) is 0 Å². The fourth-order valence-electron chi connectivity index (χ4n) is 8.45. The molecule has 0 fully saturated rings. The van der Waals surface area contributed by atoms with Crippen molar-refractivity contribution in [1.29, 1.82) is 0 Å². The number of aryl methyl sites for hydroxylation is 5. The summed E-state index contributed by atoms with van der Waals surface area (Å²) in [5.41, 5.74) is 10.1. The number of benzene rings is 3. The van der Waals surface area contributed by atoms with Gasteiger partial charge in [0.2, 0.25) is 0 Å². The van der Waals surface area contributed by atoms with Crippen LogP contribution in [0, 0.1) is 27.7 Å². The van der Waals surface area contributed by atoms with E-state index in [1.807, 2.05) is 105 Å². The number of nitrogens with zero attached hydrogens (tertiary/aromatic N) is 6. The monoisotopic (exact) mass is 788 g/mol. The van der Waals surface area contributed by atoms with Gasteiger partial charge >= 0.3 is 5.97 Å². The predicted octanol–water partition coefficient (Wildman–Crippen LogP) is 9.91. The third-order valence-electron chi connectivity index (χ3n) is 11.0. The van der Waals surface area contributed by atoms with E-state index < -0.39 is 5.97 Å². The van der Waals surface area contributed by atoms with Crippen LogP contribution < -0.4 is 9.64 Å². The van der Waals surface area contributed by atoms with Crippen LogP contribution in [0.3, 0.4) is 0 Å². The Morgan fingerprint density at radius 1 is 0.964 bits per heavy atom. The number of pyridine rings is 1. The molecule has 3 aromatic carbocycles. The molecule has 286 valence electrons. The summed E-state index contributed by atoms with van der Waals surface area (Å²) in [7, 11) is 1.92. The van der Waals surface area contributed by atoms with Crippen molar-refractivity contribution in [3.63, 3.8) is 0 Å². The largest absolute Gasteiger partial charge is 0.494 e. The summed E-state index contributed by atoms with van der Waals surface area (Å²) in [6.45, 7) is 11.1. The lowest BCUT2D eigenvalue weighted by Gasteiger charge is -2.35. The molecule has 0 spiro atoms. The lowest BCUT2D eigenvalue weighted by Crippen LogP contribution is -2.43. The molecule has 1 aliphatic rings. The average Bonchev–Trinajstić information content (AvgIpc) is 3.79. The van der Waals surface area contributed by atoms with Gasteiger partial charge in [-0.15, -0.1) is 0 Å². The molecule has 56 heavy (non-hydrogen) atoms. The number of hydrogen-bond acceptors (Lipinski definition) is 5. The zero-order valence-electron chi connectivity index (χ0n) is 32.2. The number of amides is 1. The van der Waals surface area contributed by atoms with Crippen molar-refractivity contribution >= 4 is 62.6 Å². The Bertz CT molecular complexity index is 2690. The Morgan fingerprint density at radius 3 is 2.41 bits per heavy atom. The van der Waals surface area contributed by atoms with E-state index in [0.717, 1.165) is 66.3 Å². The Morgan fingerprint density at radius 2 is 1.73 bits per heavy atom. The number of ether oxygens (including phenoxy) is 1. The van der Waals surface area contributed by atoms with Crippen molar-refractivity contribution in [1.82, 2.24) is 23.9 Å². The van der Waals surface area contributed by atoms with Gasteiger partial charge < -0.3 is 23.9 Å². The summed E-state index contributed by atoms with van der Waals surface area (Å²) in [6, 6.07) is 20.6. The molecule has 0 radical (unpaired) electrons. The second kappa shape index (κ2) is 14.5. The first kappa shape index (κ1) is 37.3. The van der Waals surface area contributed by atoms with E-state index >= 15 is 4.79 Å². The minimum absolute atomic E-state index is 0.123. The minimum atomic E-state index is -1.06. The van der Waals surface area contributed by atoms with Gasteiger partial charge in [-0.25, -0.2) is 4.79 Å². The maximum Gasteiger partial charge on any atom is 0.352 e. The lowest BCUT2D eigenvalue weighted by molar-refractivity contribution is 0.0686. The molecule has 1 amide bonds. The molecule has 1 atom stereocenters. The summed E-state index contributed by atoms with van der Waals surface area (Å²) in [5.74, 6) is -0.473. The summed E-state index contributed by atoms with van der Waals surface area (Å²) < 4.78 is 12.0. The van der Waals surface area contributed by atoms with Crippen LogP contribution >= 0.6 is 23.2 Å². The number of para-hydroxylation sites is 1. The molecule has 0 aliphatic carbocycles. The highest BCUT2D eigenvalue weighted by Gasteiger charge is 2.38. The standard InChI is InChI=1S/C44H42Cl2N6O4/c1-24-19-31(20-25(2)39(24)46)56-18-10-13-32-33-15-16-34(45)38(37-27(4)48-49(6)28(37)5)41(33)52-26(3)22-51(43(53)42(32)52)35-14-9-11-29-21-36(44(54)55)50(40(29)35)23-30-12-7-8-17-47-30/h7-9,11-12,14-17,19-21,26H,10,13,18,22-23H2,1-6H3,(H,54,55). The Hall–Kier alpha value is -5.58. The number of carbonyl (C=O) groups is 2. The molecular formula is C44H42Cl2N6O4. The number of halogens is 2. The van der Waals surface area contributed by atoms with Crippen molar-refractivity contribution in [2.75, 3.05) is 18.1 Å². The van der Waals surface area contributed by atoms with Crippen LogP contribution in [0.2, 0.25) is 10.0 Å². The number of hydrogen-bond donors (Lipinski definition) is 1. The summed E-state index contributed by atoms with van der Waals surface area (Å²) in [5, 5.41) is 18.0. The smallest absolute Gasteiger partial charge is 0.352 e. The third-order valence-corrected chi connectivity index (χ3v) is 11.9. The molecule has 1 unspecified atom stereocenters. The second-order valence-electron chi connectivity index (χ2n) is 14.7. The van der Waals surface area contributed by atoms with Crippen LogP contribution in [0.15, 0.2) is 72.9 Å². The van der Waals surface area contributed by atoms with Crippen LogP contribution in [-0.2, 0) is 20.0 Å². The van der Waals surface area contributed by atoms with E-state index in [1.54, 1.807) is 16.8 Å². The molecule has 1 aliphatic heterocycles. The average molecular weight is 790 g/mol. The van der Waals surface area contributed by atoms with E-state index in [0.29, 0.717) is 53.6 Å². The number of fused-ring (bicyclic) bond motifs is 4. The Labute approximate surface area is 334 Å². The lowest BCUT2D eigenvalue weighted by atomic mass is 9.98. The first-order valence-electron chi connectivity index (χ1n) is 18.7. The Kier molecular flexibility index (Phi) is 9.66. The zero-order valence-corrected chi connectivity index (χ0v) is 33.7. The van der Waals surface area contributed by atoms with Gasteiger partial charge in [0.25, 0.3) is 5.91 Å². The quantitative estimate of drug-likeness (QED) is 0.138. The molecule has 5 heterocycles. The molecule has 4 aromatic heterocycles. The fraction of sp³-hybridized carbons (Fsp3) is 0.273. The van der Waals surface area contributed by atoms with E-state index in [2.05, 4.69) is 16.5 Å². The number of aromatic carboxylic acids is 1. The van der Waals surface area contributed by atoms with Crippen LogP contribution in [0.25, 0.3) is 32.9 Å². The number of carboxylic acids is 1. The van der Waals surface area contributed by atoms with Gasteiger partial charge in [-0.05, 0) is 107 Å². The maximum atomic E-state index is 15.3. The molecule has 0 saturated heterocycles. The Balaban J connectivity index is 1.28. The van der Waals surface area contributed by atoms with E-state index in [-0.39, 0.29) is 24.2 Å². The minimum Gasteiger partial charge on any atom is -0.494 e. The van der Waals surface area contributed by atoms with Crippen molar-refractivity contribution in [3.05, 3.63) is 128 Å². The highest BCUT2D eigenvalue weighted by molar-refractivity contribution is 6.35. The molecule has 0 saturated carbocycles. The molecule has 1 N–H and O–H groups in total. The highest BCUT2D eigenvalue weighted by atomic mass is 35.5. The maximum absolute atomic E-state index is 15.3. The van der Waals surface area contributed by atoms with Gasteiger partial charge in [0.05, 0.1) is 46.3 Å². The molecule has 0 bridgehead atoms. The van der Waals surface area contributed by atoms with Crippen LogP contribution in [0.5, 0.6) is 5.75 Å². The van der Waals surface area contributed by atoms with E-state index in [4.69, 9.17) is 33.0 Å². The van der Waals surface area contributed by atoms with Gasteiger partial charge in [0, 0.05) is 58.4 Å². The summed E-state index contributed by atoms with van der Waals surface area (Å²) >= 11 is 13.6. The number of aromatic nitrogens is 5. The predicted molar refractivity (Wildman–Crippen MR) is 222 cm³/mol. The number of rotatable bonds is 10. The van der Waals surface area contributed by atoms with E-state index in [9.17, 15) is 9.90 Å². The second-order valence-corrected chi connectivity index (χ2v) is 15.5. The number of carboxylic acid groups (broad SMARTS) is 1. The molecule has 12 heteroatoms. The van der Waals surface area contributed by atoms with Gasteiger partial charge in [-0.2, -0.15) is 5.10 Å². The van der Waals surface area contributed by atoms with Crippen molar-refractivity contribution in [2.45, 2.75) is 60.0 Å². The zero-order chi connectivity index (χ0) is 39.6. The number of anilines is 1. The molecular weight excluding hydrogens is 747 g/mol. The first-order valence-corrected chi connectivity index (χ1v) is 19.4. The van der Waals surface area contributed by atoms with Crippen LogP contribution in [0.4, 0.5) is 5.69 Å². The third kappa shape index (κ3) is 6.21. The van der Waals surface area contributed by atoms with Gasteiger partial charge in [-0.3, -0.25) is 14.5 Å². The van der Waals surface area contributed by atoms with Gasteiger partial charge in [0.15, 0.2) is 0 Å². The summed E-state index contributed by atoms with van der Waals surface area (Å²) in [6.07, 6.45) is 2.89. The van der Waals surface area contributed by atoms with Crippen LogP contribution in [0.1, 0.15) is 74.1 Å². The van der Waals surface area contributed by atoms with Crippen molar-refractivity contribution in [2.24, 2.45) is 7.05 Å². The number of carbonyl (C=O) groups excluding carboxylic acids is 1. The van der Waals surface area contributed by atoms with Crippen LogP contribution in [-0.4, -0.2) is 54.0 Å². The normalized spacial score (nSPS) is 14.2.